The van der Waals surface area contributed by atoms with E-state index in [1.165, 1.54) is 12.1 Å². The highest BCUT2D eigenvalue weighted by Crippen LogP contribution is 2.44. The Balaban J connectivity index is 1.72. The van der Waals surface area contributed by atoms with Crippen LogP contribution in [0.2, 0.25) is 0 Å². The third-order valence-electron chi connectivity index (χ3n) is 5.16. The first-order valence-corrected chi connectivity index (χ1v) is 10.3. The lowest BCUT2D eigenvalue weighted by atomic mass is 10.1. The Bertz CT molecular complexity index is 1070. The van der Waals surface area contributed by atoms with Gasteiger partial charge in [-0.15, -0.1) is 0 Å². The van der Waals surface area contributed by atoms with Crippen molar-refractivity contribution in [2.75, 3.05) is 26.9 Å². The molecule has 2 aromatic rings. The van der Waals surface area contributed by atoms with Gasteiger partial charge >= 0.3 is 5.97 Å². The maximum atomic E-state index is 12.1. The van der Waals surface area contributed by atoms with E-state index in [2.05, 4.69) is 4.74 Å². The molecule has 0 bridgehead atoms. The monoisotopic (exact) mass is 466 g/mol. The zero-order valence-corrected chi connectivity index (χ0v) is 17.9. The molecule has 0 amide bonds. The number of aliphatic hydroxyl groups is 2. The molecule has 1 aliphatic heterocycles. The summed E-state index contributed by atoms with van der Waals surface area (Å²) >= 11 is 0. The minimum atomic E-state index is -0.940. The lowest BCUT2D eigenvalue weighted by Crippen LogP contribution is -2.39. The molecule has 3 unspecified atom stereocenters. The van der Waals surface area contributed by atoms with Crippen LogP contribution in [-0.4, -0.2) is 76.9 Å². The van der Waals surface area contributed by atoms with Gasteiger partial charge in [0.05, 0.1) is 50.1 Å². The second-order valence-electron chi connectivity index (χ2n) is 7.55. The molecule has 1 aliphatic rings. The predicted octanol–water partition coefficient (Wildman–Crippen LogP) is 0.747. The molecule has 1 saturated heterocycles. The van der Waals surface area contributed by atoms with Crippen molar-refractivity contribution in [1.29, 1.82) is 0 Å². The van der Waals surface area contributed by atoms with Gasteiger partial charge in [0.15, 0.2) is 23.5 Å². The van der Waals surface area contributed by atoms with Crippen LogP contribution in [0.4, 0.5) is 0 Å². The summed E-state index contributed by atoms with van der Waals surface area (Å²) in [7, 11) is 1.13. The van der Waals surface area contributed by atoms with Gasteiger partial charge in [-0.3, -0.25) is 4.79 Å². The van der Waals surface area contributed by atoms with Crippen LogP contribution in [0.1, 0.15) is 29.6 Å². The molecule has 3 atom stereocenters. The summed E-state index contributed by atoms with van der Waals surface area (Å²) in [5, 5.41) is 49.5. The van der Waals surface area contributed by atoms with Crippen LogP contribution < -0.4 is 10.2 Å². The van der Waals surface area contributed by atoms with Crippen molar-refractivity contribution in [3.05, 3.63) is 34.0 Å². The fourth-order valence-corrected chi connectivity index (χ4v) is 3.53. The molecule has 180 valence electrons. The van der Waals surface area contributed by atoms with Crippen molar-refractivity contribution in [1.82, 2.24) is 0 Å². The van der Waals surface area contributed by atoms with Gasteiger partial charge in [0, 0.05) is 25.3 Å². The first-order valence-electron chi connectivity index (χ1n) is 10.3. The second kappa shape index (κ2) is 10.7. The third kappa shape index (κ3) is 5.63. The molecule has 0 spiro atoms. The van der Waals surface area contributed by atoms with Gasteiger partial charge in [0.25, 0.3) is 0 Å². The van der Waals surface area contributed by atoms with Gasteiger partial charge in [-0.05, 0) is 17.5 Å². The van der Waals surface area contributed by atoms with Gasteiger partial charge in [-0.25, -0.2) is 4.79 Å². The number of aliphatic hydroxyl groups excluding tert-OH is 2. The number of hydrogen-bond acceptors (Lipinski definition) is 11. The first kappa shape index (κ1) is 24.5. The zero-order chi connectivity index (χ0) is 24.1. The fraction of sp³-hybridized carbons (Fsp3) is 0.455. The summed E-state index contributed by atoms with van der Waals surface area (Å²) in [5.74, 6) is -3.27. The number of aromatic hydroxyl groups is 3. The smallest absolute Gasteiger partial charge is 0.338 e. The van der Waals surface area contributed by atoms with Gasteiger partial charge in [0.1, 0.15) is 0 Å². The van der Waals surface area contributed by atoms with E-state index in [-0.39, 0.29) is 48.3 Å². The van der Waals surface area contributed by atoms with Gasteiger partial charge < -0.3 is 44.5 Å². The average Bonchev–Trinajstić information content (AvgIpc) is 2.91. The molecule has 0 saturated carbocycles. The molecule has 1 heterocycles. The number of carbonyl (C=O) groups excluding carboxylic acids is 1. The van der Waals surface area contributed by atoms with Crippen molar-refractivity contribution in [2.45, 2.75) is 37.8 Å². The molecule has 33 heavy (non-hydrogen) atoms. The Morgan fingerprint density at radius 1 is 1.09 bits per heavy atom. The number of hydrogen-bond donors (Lipinski definition) is 5. The minimum absolute atomic E-state index is 0.0544. The lowest BCUT2D eigenvalue weighted by molar-refractivity contribution is -0.222. The quantitative estimate of drug-likeness (QED) is 0.211. The standard InChI is InChI=1S/C22H26O11/c1-30-22(29)12-5-11-7-16(20(27)21(28)18(11)19(26)15(25)6-12)31-3-2-4-32-17-9-13(24)8-14(10-23)33-17/h5-7,13-14,17,23-24,27-28H,2-4,8-10H2,1H3,(H,25,26). The highest BCUT2D eigenvalue weighted by Gasteiger charge is 2.28. The Labute approximate surface area is 188 Å². The van der Waals surface area contributed by atoms with Crippen LogP contribution in [0, 0.1) is 0 Å². The second-order valence-corrected chi connectivity index (χ2v) is 7.55. The number of ether oxygens (including phenoxy) is 4. The molecule has 1 fully saturated rings. The molecule has 11 nitrogen and oxygen atoms in total. The third-order valence-corrected chi connectivity index (χ3v) is 5.16. The van der Waals surface area contributed by atoms with Gasteiger partial charge in [0.2, 0.25) is 11.2 Å². The number of methoxy groups -OCH3 is 1. The number of fused-ring (bicyclic) bond motifs is 1. The number of phenols is 2. The number of benzene rings is 1. The van der Waals surface area contributed by atoms with Crippen molar-refractivity contribution in [3.8, 4) is 23.0 Å². The fourth-order valence-electron chi connectivity index (χ4n) is 3.53. The number of rotatable bonds is 8. The molecule has 2 aromatic carbocycles. The molecular weight excluding hydrogens is 440 g/mol. The van der Waals surface area contributed by atoms with E-state index in [9.17, 15) is 35.1 Å². The van der Waals surface area contributed by atoms with E-state index in [4.69, 9.17) is 14.2 Å². The normalized spacial score (nSPS) is 20.5. The molecule has 0 aliphatic carbocycles. The molecule has 0 aromatic heterocycles. The Hall–Kier alpha value is -3.12. The van der Waals surface area contributed by atoms with E-state index in [1.807, 2.05) is 0 Å². The maximum Gasteiger partial charge on any atom is 0.338 e. The largest absolute Gasteiger partial charge is 0.504 e. The van der Waals surface area contributed by atoms with Crippen LogP contribution >= 0.6 is 0 Å². The van der Waals surface area contributed by atoms with Crippen molar-refractivity contribution in [3.63, 3.8) is 0 Å². The highest BCUT2D eigenvalue weighted by molar-refractivity contribution is 6.00. The summed E-state index contributed by atoms with van der Waals surface area (Å²) < 4.78 is 21.2. The summed E-state index contributed by atoms with van der Waals surface area (Å²) in [6.07, 6.45) is -0.814. The van der Waals surface area contributed by atoms with Crippen LogP contribution in [0.25, 0.3) is 10.8 Å². The van der Waals surface area contributed by atoms with Crippen molar-refractivity contribution in [2.24, 2.45) is 0 Å². The van der Waals surface area contributed by atoms with Crippen LogP contribution in [0.5, 0.6) is 23.0 Å². The summed E-state index contributed by atoms with van der Waals surface area (Å²) in [6.45, 7) is 0.0278. The highest BCUT2D eigenvalue weighted by atomic mass is 16.7. The SMILES string of the molecule is COC(=O)c1cc(=O)c(O)c2c(O)c(O)c(OCCCOC3CC(O)CC(CO)O3)cc2c1. The Kier molecular flexibility index (Phi) is 7.92. The Morgan fingerprint density at radius 3 is 2.55 bits per heavy atom. The van der Waals surface area contributed by atoms with E-state index in [0.717, 1.165) is 13.2 Å². The van der Waals surface area contributed by atoms with Crippen LogP contribution in [0.15, 0.2) is 23.0 Å². The minimum Gasteiger partial charge on any atom is -0.504 e. The van der Waals surface area contributed by atoms with Gasteiger partial charge in [-0.1, -0.05) is 0 Å². The number of phenolic OH excluding ortho intramolecular Hbond substituents is 2. The van der Waals surface area contributed by atoms with Crippen molar-refractivity contribution < 1.29 is 49.3 Å². The molecule has 11 heteroatoms. The molecule has 3 rings (SSSR count). The summed E-state index contributed by atoms with van der Waals surface area (Å²) in [4.78, 5) is 24.0. The van der Waals surface area contributed by atoms with Crippen LogP contribution in [0.3, 0.4) is 0 Å². The molecular formula is C22H26O11. The molecule has 0 radical (unpaired) electrons. The zero-order valence-electron chi connectivity index (χ0n) is 17.9. The number of carbonyl (C=O) groups is 1. The van der Waals surface area contributed by atoms with Crippen molar-refractivity contribution >= 4 is 16.7 Å². The van der Waals surface area contributed by atoms with E-state index in [0.29, 0.717) is 12.8 Å². The summed E-state index contributed by atoms with van der Waals surface area (Å²) in [5.41, 5.74) is -1.10. The van der Waals surface area contributed by atoms with E-state index in [1.54, 1.807) is 0 Å². The lowest BCUT2D eigenvalue weighted by Gasteiger charge is -2.32. The average molecular weight is 466 g/mol. The first-order chi connectivity index (χ1) is 15.7. The van der Waals surface area contributed by atoms with Crippen LogP contribution in [-0.2, 0) is 14.2 Å². The maximum absolute atomic E-state index is 12.1. The van der Waals surface area contributed by atoms with E-state index < -0.39 is 47.1 Å². The molecule has 5 N–H and O–H groups in total. The topological polar surface area (TPSA) is 172 Å². The van der Waals surface area contributed by atoms with E-state index >= 15 is 0 Å². The summed E-state index contributed by atoms with van der Waals surface area (Å²) in [6, 6.07) is 3.35. The Morgan fingerprint density at radius 2 is 1.85 bits per heavy atom. The van der Waals surface area contributed by atoms with Gasteiger partial charge in [-0.2, -0.15) is 0 Å². The number of esters is 1. The predicted molar refractivity (Wildman–Crippen MR) is 114 cm³/mol.